The zero-order valence-corrected chi connectivity index (χ0v) is 9.48. The van der Waals surface area contributed by atoms with Crippen LogP contribution in [0.15, 0.2) is 6.07 Å². The van der Waals surface area contributed by atoms with E-state index in [1.807, 2.05) is 0 Å². The second-order valence-electron chi connectivity index (χ2n) is 3.54. The molecular weight excluding hydrogens is 258 g/mol. The molecular formula is C9H7Cl2FN2O2. The van der Waals surface area contributed by atoms with Crippen LogP contribution in [-0.4, -0.2) is 18.0 Å². The number of hydrogen-bond donors (Lipinski definition) is 1. The van der Waals surface area contributed by atoms with E-state index < -0.39 is 21.5 Å². The first kappa shape index (κ1) is 11.6. The molecule has 4 nitrogen and oxygen atoms in total. The van der Waals surface area contributed by atoms with Crippen molar-refractivity contribution in [2.45, 2.75) is 5.92 Å². The Bertz CT molecular complexity index is 463. The van der Waals surface area contributed by atoms with Crippen molar-refractivity contribution in [1.82, 2.24) is 5.32 Å². The van der Waals surface area contributed by atoms with Crippen LogP contribution in [0.2, 0.25) is 10.0 Å². The average molecular weight is 265 g/mol. The number of nitro benzene ring substituents is 1. The van der Waals surface area contributed by atoms with Gasteiger partial charge >= 0.3 is 5.69 Å². The summed E-state index contributed by atoms with van der Waals surface area (Å²) in [7, 11) is 0. The molecule has 0 atom stereocenters. The lowest BCUT2D eigenvalue weighted by atomic mass is 9.93. The van der Waals surface area contributed by atoms with E-state index in [0.717, 1.165) is 0 Å². The largest absolute Gasteiger partial charge is 0.315 e. The highest BCUT2D eigenvalue weighted by atomic mass is 35.5. The van der Waals surface area contributed by atoms with E-state index in [1.54, 1.807) is 0 Å². The number of nitro groups is 1. The first-order chi connectivity index (χ1) is 7.52. The molecule has 1 N–H and O–H groups in total. The first-order valence-electron chi connectivity index (χ1n) is 4.55. The maximum atomic E-state index is 13.4. The molecule has 1 aromatic rings. The van der Waals surface area contributed by atoms with Crippen LogP contribution in [0.4, 0.5) is 10.1 Å². The molecule has 1 aromatic carbocycles. The Morgan fingerprint density at radius 1 is 1.44 bits per heavy atom. The summed E-state index contributed by atoms with van der Waals surface area (Å²) < 4.78 is 13.4. The van der Waals surface area contributed by atoms with E-state index in [4.69, 9.17) is 23.2 Å². The molecule has 1 aliphatic heterocycles. The molecule has 0 amide bonds. The van der Waals surface area contributed by atoms with E-state index in [9.17, 15) is 14.5 Å². The van der Waals surface area contributed by atoms with Gasteiger partial charge in [0, 0.05) is 19.0 Å². The van der Waals surface area contributed by atoms with Crippen LogP contribution in [0.5, 0.6) is 0 Å². The molecule has 2 rings (SSSR count). The highest BCUT2D eigenvalue weighted by Gasteiger charge is 2.30. The van der Waals surface area contributed by atoms with Crippen molar-refractivity contribution >= 4 is 28.9 Å². The maximum Gasteiger partial charge on any atom is 0.309 e. The number of nitrogens with zero attached hydrogens (tertiary/aromatic N) is 1. The summed E-state index contributed by atoms with van der Waals surface area (Å²) in [4.78, 5) is 9.97. The third-order valence-corrected chi connectivity index (χ3v) is 3.32. The second kappa shape index (κ2) is 4.16. The van der Waals surface area contributed by atoms with Crippen molar-refractivity contribution in [3.63, 3.8) is 0 Å². The SMILES string of the molecule is O=[N+]([O-])c1c(Cl)c(F)cc(C2CNC2)c1Cl. The van der Waals surface area contributed by atoms with Crippen molar-refractivity contribution in [1.29, 1.82) is 0 Å². The van der Waals surface area contributed by atoms with Gasteiger partial charge in [0.2, 0.25) is 0 Å². The minimum atomic E-state index is -0.806. The van der Waals surface area contributed by atoms with Gasteiger partial charge < -0.3 is 5.32 Å². The van der Waals surface area contributed by atoms with E-state index in [0.29, 0.717) is 18.7 Å². The molecule has 86 valence electrons. The monoisotopic (exact) mass is 264 g/mol. The van der Waals surface area contributed by atoms with Gasteiger partial charge in [0.1, 0.15) is 10.8 Å². The van der Waals surface area contributed by atoms with E-state index in [1.165, 1.54) is 6.07 Å². The first-order valence-corrected chi connectivity index (χ1v) is 5.30. The van der Waals surface area contributed by atoms with E-state index in [2.05, 4.69) is 5.32 Å². The zero-order valence-electron chi connectivity index (χ0n) is 7.97. The van der Waals surface area contributed by atoms with Crippen molar-refractivity contribution < 1.29 is 9.31 Å². The van der Waals surface area contributed by atoms with Gasteiger partial charge in [-0.25, -0.2) is 4.39 Å². The quantitative estimate of drug-likeness (QED) is 0.508. The summed E-state index contributed by atoms with van der Waals surface area (Å²) in [6.45, 7) is 1.27. The predicted molar refractivity (Wildman–Crippen MR) is 58.7 cm³/mol. The van der Waals surface area contributed by atoms with Crippen LogP contribution in [-0.2, 0) is 0 Å². The number of nitrogens with one attached hydrogen (secondary N) is 1. The Labute approximate surface area is 100 Å². The third-order valence-electron chi connectivity index (χ3n) is 2.57. The topological polar surface area (TPSA) is 55.2 Å². The molecule has 1 saturated heterocycles. The molecule has 0 unspecified atom stereocenters. The molecule has 1 fully saturated rings. The Balaban J connectivity index is 2.59. The molecule has 0 aliphatic carbocycles. The van der Waals surface area contributed by atoms with Gasteiger partial charge in [-0.05, 0) is 11.6 Å². The minimum absolute atomic E-state index is 0.0120. The number of halogens is 3. The molecule has 0 bridgehead atoms. The van der Waals surface area contributed by atoms with Crippen LogP contribution in [0.3, 0.4) is 0 Å². The molecule has 0 saturated carbocycles. The summed E-state index contributed by atoms with van der Waals surface area (Å²) in [5.74, 6) is -0.794. The van der Waals surface area contributed by atoms with Crippen molar-refractivity contribution in [2.75, 3.05) is 13.1 Å². The fraction of sp³-hybridized carbons (Fsp3) is 0.333. The molecule has 7 heteroatoms. The Morgan fingerprint density at radius 3 is 2.50 bits per heavy atom. The number of rotatable bonds is 2. The van der Waals surface area contributed by atoms with Gasteiger partial charge in [-0.1, -0.05) is 23.2 Å². The zero-order chi connectivity index (χ0) is 11.9. The third kappa shape index (κ3) is 1.75. The van der Waals surface area contributed by atoms with E-state index >= 15 is 0 Å². The summed E-state index contributed by atoms with van der Waals surface area (Å²) >= 11 is 11.4. The molecule has 1 heterocycles. The highest BCUT2D eigenvalue weighted by Crippen LogP contribution is 2.40. The smallest absolute Gasteiger partial charge is 0.309 e. The summed E-state index contributed by atoms with van der Waals surface area (Å²) in [6, 6.07) is 1.17. The number of hydrogen-bond acceptors (Lipinski definition) is 3. The number of benzene rings is 1. The van der Waals surface area contributed by atoms with Gasteiger partial charge in [-0.3, -0.25) is 10.1 Å². The molecule has 0 radical (unpaired) electrons. The van der Waals surface area contributed by atoms with Crippen molar-refractivity contribution in [3.05, 3.63) is 37.6 Å². The van der Waals surface area contributed by atoms with Crippen LogP contribution < -0.4 is 5.32 Å². The molecule has 0 aromatic heterocycles. The predicted octanol–water partition coefficient (Wildman–Crippen LogP) is 2.73. The lowest BCUT2D eigenvalue weighted by Gasteiger charge is -2.28. The van der Waals surface area contributed by atoms with Gasteiger partial charge in [-0.15, -0.1) is 0 Å². The van der Waals surface area contributed by atoms with Gasteiger partial charge in [-0.2, -0.15) is 0 Å². The van der Waals surface area contributed by atoms with Gasteiger partial charge in [0.15, 0.2) is 5.02 Å². The standard InChI is InChI=1S/C9H7Cl2FN2O2/c10-7-5(4-2-13-3-4)1-6(12)8(11)9(7)14(15)16/h1,4,13H,2-3H2. The lowest BCUT2D eigenvalue weighted by Crippen LogP contribution is -2.40. The van der Waals surface area contributed by atoms with Gasteiger partial charge in [0.05, 0.1) is 4.92 Å². The fourth-order valence-electron chi connectivity index (χ4n) is 1.58. The van der Waals surface area contributed by atoms with Crippen molar-refractivity contribution in [2.24, 2.45) is 0 Å². The summed E-state index contributed by atoms with van der Waals surface area (Å²) in [6.07, 6.45) is 0. The maximum absolute atomic E-state index is 13.4. The van der Waals surface area contributed by atoms with E-state index in [-0.39, 0.29) is 10.9 Å². The van der Waals surface area contributed by atoms with Crippen LogP contribution in [0.1, 0.15) is 11.5 Å². The average Bonchev–Trinajstić information content (AvgIpc) is 2.11. The fourth-order valence-corrected chi connectivity index (χ4v) is 2.21. The lowest BCUT2D eigenvalue weighted by molar-refractivity contribution is -0.384. The van der Waals surface area contributed by atoms with Gasteiger partial charge in [0.25, 0.3) is 0 Å². The summed E-state index contributed by atoms with van der Waals surface area (Å²) in [5.41, 5.74) is -0.112. The van der Waals surface area contributed by atoms with Crippen LogP contribution >= 0.6 is 23.2 Å². The minimum Gasteiger partial charge on any atom is -0.315 e. The Kier molecular flexibility index (Phi) is 3.01. The highest BCUT2D eigenvalue weighted by molar-refractivity contribution is 6.38. The normalized spacial score (nSPS) is 15.9. The molecule has 0 spiro atoms. The molecule has 1 aliphatic rings. The Morgan fingerprint density at radius 2 is 2.06 bits per heavy atom. The van der Waals surface area contributed by atoms with Crippen molar-refractivity contribution in [3.8, 4) is 0 Å². The van der Waals surface area contributed by atoms with Crippen LogP contribution in [0.25, 0.3) is 0 Å². The Hall–Kier alpha value is -0.910. The van der Waals surface area contributed by atoms with Crippen LogP contribution in [0, 0.1) is 15.9 Å². The molecule has 16 heavy (non-hydrogen) atoms. The summed E-state index contributed by atoms with van der Waals surface area (Å²) in [5, 5.41) is 13.1. The second-order valence-corrected chi connectivity index (χ2v) is 4.29.